The largest absolute Gasteiger partial charge is 0.464 e. The van der Waals surface area contributed by atoms with E-state index >= 15 is 0 Å². The molecule has 1 aromatic carbocycles. The van der Waals surface area contributed by atoms with Gasteiger partial charge in [0, 0.05) is 15.4 Å². The number of carbonyl (C=O) groups is 1. The van der Waals surface area contributed by atoms with Crippen LogP contribution in [0.1, 0.15) is 35.2 Å². The second-order valence-corrected chi connectivity index (χ2v) is 6.06. The molecular weight excluding hydrogens is 282 g/mol. The molecule has 0 aliphatic carbocycles. The third kappa shape index (κ3) is 4.08. The molecule has 0 spiro atoms. The van der Waals surface area contributed by atoms with Gasteiger partial charge in [0.05, 0.1) is 6.61 Å². The summed E-state index contributed by atoms with van der Waals surface area (Å²) < 4.78 is 5.21. The Morgan fingerprint density at radius 2 is 2.10 bits per heavy atom. The minimum absolute atomic E-state index is 0.233. The van der Waals surface area contributed by atoms with Crippen LogP contribution in [0.15, 0.2) is 36.4 Å². The molecule has 3 nitrogen and oxygen atoms in total. The quantitative estimate of drug-likeness (QED) is 0.807. The molecule has 2 aromatic rings. The highest BCUT2D eigenvalue weighted by Gasteiger charge is 2.23. The second kappa shape index (κ2) is 7.27. The highest BCUT2D eigenvalue weighted by molar-refractivity contribution is 7.12. The average molecular weight is 303 g/mol. The number of anilines is 1. The van der Waals surface area contributed by atoms with Gasteiger partial charge < -0.3 is 10.1 Å². The number of rotatable bonds is 6. The first kappa shape index (κ1) is 15.6. The van der Waals surface area contributed by atoms with Gasteiger partial charge in [0.25, 0.3) is 0 Å². The van der Waals surface area contributed by atoms with Crippen LogP contribution < -0.4 is 5.32 Å². The lowest BCUT2D eigenvalue weighted by Crippen LogP contribution is -2.22. The van der Waals surface area contributed by atoms with Crippen LogP contribution in [0.3, 0.4) is 0 Å². The minimum atomic E-state index is -0.447. The number of nitrogens with one attached hydrogen (secondary N) is 1. The summed E-state index contributed by atoms with van der Waals surface area (Å²) in [6.07, 6.45) is 0.977. The zero-order valence-corrected chi connectivity index (χ0v) is 13.5. The van der Waals surface area contributed by atoms with Crippen molar-refractivity contribution in [3.63, 3.8) is 0 Å². The lowest BCUT2D eigenvalue weighted by atomic mass is 10.2. The van der Waals surface area contributed by atoms with Crippen molar-refractivity contribution in [2.45, 2.75) is 33.2 Å². The first-order valence-electron chi connectivity index (χ1n) is 7.22. The van der Waals surface area contributed by atoms with Crippen LogP contribution in [0.5, 0.6) is 0 Å². The van der Waals surface area contributed by atoms with Gasteiger partial charge in [-0.2, -0.15) is 0 Å². The molecule has 0 aliphatic rings. The third-order valence-electron chi connectivity index (χ3n) is 3.17. The van der Waals surface area contributed by atoms with E-state index in [0.717, 1.165) is 22.5 Å². The van der Waals surface area contributed by atoms with Gasteiger partial charge >= 0.3 is 5.97 Å². The van der Waals surface area contributed by atoms with Crippen molar-refractivity contribution >= 4 is 23.0 Å². The molecule has 0 bridgehead atoms. The van der Waals surface area contributed by atoms with Gasteiger partial charge in [-0.15, -0.1) is 11.3 Å². The summed E-state index contributed by atoms with van der Waals surface area (Å²) in [5.74, 6) is -0.233. The zero-order chi connectivity index (χ0) is 15.2. The van der Waals surface area contributed by atoms with Gasteiger partial charge in [0.15, 0.2) is 6.04 Å². The first-order valence-corrected chi connectivity index (χ1v) is 8.04. The van der Waals surface area contributed by atoms with Crippen molar-refractivity contribution < 1.29 is 9.53 Å². The van der Waals surface area contributed by atoms with Crippen molar-refractivity contribution in [2.24, 2.45) is 0 Å². The van der Waals surface area contributed by atoms with Crippen LogP contribution in [-0.2, 0) is 16.0 Å². The molecule has 0 aliphatic heterocycles. The minimum Gasteiger partial charge on any atom is -0.464 e. The Balaban J connectivity index is 2.25. The van der Waals surface area contributed by atoms with Crippen molar-refractivity contribution in [1.29, 1.82) is 0 Å². The molecule has 4 heteroatoms. The van der Waals surface area contributed by atoms with E-state index in [1.807, 2.05) is 44.2 Å². The predicted octanol–water partition coefficient (Wildman–Crippen LogP) is 4.34. The van der Waals surface area contributed by atoms with Crippen molar-refractivity contribution in [3.8, 4) is 0 Å². The molecule has 21 heavy (non-hydrogen) atoms. The van der Waals surface area contributed by atoms with Gasteiger partial charge in [-0.25, -0.2) is 4.79 Å². The number of thiophene rings is 1. The normalized spacial score (nSPS) is 12.0. The molecule has 0 amide bonds. The van der Waals surface area contributed by atoms with E-state index in [9.17, 15) is 4.79 Å². The van der Waals surface area contributed by atoms with E-state index in [4.69, 9.17) is 4.74 Å². The van der Waals surface area contributed by atoms with Crippen LogP contribution in [-0.4, -0.2) is 12.6 Å². The monoisotopic (exact) mass is 303 g/mol. The Bertz CT molecular complexity index is 606. The van der Waals surface area contributed by atoms with Gasteiger partial charge in [-0.3, -0.25) is 0 Å². The molecule has 1 unspecified atom stereocenters. The van der Waals surface area contributed by atoms with Crippen LogP contribution in [0.4, 0.5) is 5.69 Å². The molecule has 0 radical (unpaired) electrons. The topological polar surface area (TPSA) is 38.3 Å². The molecule has 1 atom stereocenters. The lowest BCUT2D eigenvalue weighted by Gasteiger charge is -2.17. The maximum absolute atomic E-state index is 12.3. The van der Waals surface area contributed by atoms with Gasteiger partial charge in [0.2, 0.25) is 0 Å². The number of hydrogen-bond acceptors (Lipinski definition) is 4. The molecular formula is C17H21NO2S. The smallest absolute Gasteiger partial charge is 0.334 e. The standard InChI is InChI=1S/C17H21NO2S/c1-4-14-9-10-15(21-14)16(17(19)20-5-2)18-13-8-6-7-12(3)11-13/h6-11,16,18H,4-5H2,1-3H3. The van der Waals surface area contributed by atoms with E-state index in [1.54, 1.807) is 11.3 Å². The van der Waals surface area contributed by atoms with E-state index in [0.29, 0.717) is 6.61 Å². The zero-order valence-electron chi connectivity index (χ0n) is 12.7. The molecule has 0 fully saturated rings. The molecule has 0 saturated carbocycles. The van der Waals surface area contributed by atoms with E-state index in [1.165, 1.54) is 4.88 Å². The Morgan fingerprint density at radius 1 is 1.29 bits per heavy atom. The summed E-state index contributed by atoms with van der Waals surface area (Å²) >= 11 is 1.66. The summed E-state index contributed by atoms with van der Waals surface area (Å²) in [5, 5.41) is 3.29. The van der Waals surface area contributed by atoms with Crippen LogP contribution in [0.25, 0.3) is 0 Å². The third-order valence-corrected chi connectivity index (χ3v) is 4.46. The van der Waals surface area contributed by atoms with Crippen LogP contribution in [0.2, 0.25) is 0 Å². The van der Waals surface area contributed by atoms with E-state index < -0.39 is 6.04 Å². The molecule has 1 N–H and O–H groups in total. The van der Waals surface area contributed by atoms with Crippen molar-refractivity contribution in [1.82, 2.24) is 0 Å². The predicted molar refractivity (Wildman–Crippen MR) is 87.9 cm³/mol. The maximum atomic E-state index is 12.3. The summed E-state index contributed by atoms with van der Waals surface area (Å²) in [5.41, 5.74) is 2.09. The molecule has 112 valence electrons. The van der Waals surface area contributed by atoms with E-state index in [-0.39, 0.29) is 5.97 Å². The number of carbonyl (C=O) groups excluding carboxylic acids is 1. The highest BCUT2D eigenvalue weighted by Crippen LogP contribution is 2.28. The van der Waals surface area contributed by atoms with Crippen molar-refractivity contribution in [2.75, 3.05) is 11.9 Å². The SMILES string of the molecule is CCOC(=O)C(Nc1cccc(C)c1)c1ccc(CC)s1. The number of hydrogen-bond donors (Lipinski definition) is 1. The molecule has 1 aromatic heterocycles. The molecule has 0 saturated heterocycles. The number of benzene rings is 1. The van der Waals surface area contributed by atoms with Crippen molar-refractivity contribution in [3.05, 3.63) is 51.7 Å². The summed E-state index contributed by atoms with van der Waals surface area (Å²) in [7, 11) is 0. The molecule has 1 heterocycles. The number of aryl methyl sites for hydroxylation is 2. The maximum Gasteiger partial charge on any atom is 0.334 e. The number of ether oxygens (including phenoxy) is 1. The average Bonchev–Trinajstić information content (AvgIpc) is 2.93. The van der Waals surface area contributed by atoms with Crippen LogP contribution in [0, 0.1) is 6.92 Å². The van der Waals surface area contributed by atoms with E-state index in [2.05, 4.69) is 18.3 Å². The lowest BCUT2D eigenvalue weighted by molar-refractivity contribution is -0.144. The second-order valence-electron chi connectivity index (χ2n) is 4.86. The Hall–Kier alpha value is -1.81. The van der Waals surface area contributed by atoms with Crippen LogP contribution >= 0.6 is 11.3 Å². The summed E-state index contributed by atoms with van der Waals surface area (Å²) in [6, 6.07) is 11.6. The highest BCUT2D eigenvalue weighted by atomic mass is 32.1. The fourth-order valence-corrected chi connectivity index (χ4v) is 3.11. The van der Waals surface area contributed by atoms with Gasteiger partial charge in [0.1, 0.15) is 0 Å². The summed E-state index contributed by atoms with van der Waals surface area (Å²) in [6.45, 7) is 6.36. The Kier molecular flexibility index (Phi) is 5.39. The Labute approximate surface area is 130 Å². The summed E-state index contributed by atoms with van der Waals surface area (Å²) in [4.78, 5) is 14.5. The Morgan fingerprint density at radius 3 is 2.71 bits per heavy atom. The fraction of sp³-hybridized carbons (Fsp3) is 0.353. The fourth-order valence-electron chi connectivity index (χ4n) is 2.11. The van der Waals surface area contributed by atoms with Gasteiger partial charge in [-0.1, -0.05) is 19.1 Å². The first-order chi connectivity index (χ1) is 10.1. The van der Waals surface area contributed by atoms with Gasteiger partial charge in [-0.05, 0) is 50.1 Å². The molecule has 2 rings (SSSR count). The number of esters is 1.